The van der Waals surface area contributed by atoms with Gasteiger partial charge in [-0.05, 0) is 20.3 Å². The van der Waals surface area contributed by atoms with Gasteiger partial charge < -0.3 is 23.7 Å². The lowest BCUT2D eigenvalue weighted by Gasteiger charge is -2.40. The van der Waals surface area contributed by atoms with E-state index < -0.39 is 6.29 Å². The van der Waals surface area contributed by atoms with Crippen LogP contribution in [0.5, 0.6) is 0 Å². The summed E-state index contributed by atoms with van der Waals surface area (Å²) in [7, 11) is 0. The van der Waals surface area contributed by atoms with Crippen molar-refractivity contribution in [3.63, 3.8) is 0 Å². The molecule has 2 aliphatic rings. The number of hydrogen-bond donors (Lipinski definition) is 0. The largest absolute Gasteiger partial charge is 0.466 e. The summed E-state index contributed by atoms with van der Waals surface area (Å²) in [4.78, 5) is 12.1. The average molecular weight is 441 g/mol. The van der Waals surface area contributed by atoms with Crippen molar-refractivity contribution < 1.29 is 28.5 Å². The molecular formula is C26H32O6. The van der Waals surface area contributed by atoms with E-state index in [2.05, 4.69) is 6.92 Å². The van der Waals surface area contributed by atoms with E-state index in [1.54, 1.807) is 0 Å². The molecule has 0 aromatic heterocycles. The van der Waals surface area contributed by atoms with Gasteiger partial charge >= 0.3 is 5.97 Å². The first-order valence-corrected chi connectivity index (χ1v) is 11.5. The average Bonchev–Trinajstić information content (AvgIpc) is 2.80. The molecule has 0 bridgehead atoms. The van der Waals surface area contributed by atoms with E-state index in [0.717, 1.165) is 17.5 Å². The molecule has 0 spiro atoms. The van der Waals surface area contributed by atoms with Gasteiger partial charge in [0.05, 0.1) is 37.4 Å². The molecule has 0 radical (unpaired) electrons. The summed E-state index contributed by atoms with van der Waals surface area (Å²) in [5.74, 6) is -0.245. The molecule has 32 heavy (non-hydrogen) atoms. The number of hydrogen-bond acceptors (Lipinski definition) is 6. The minimum absolute atomic E-state index is 0.00766. The van der Waals surface area contributed by atoms with Crippen LogP contribution in [-0.2, 0) is 28.5 Å². The summed E-state index contributed by atoms with van der Waals surface area (Å²) in [5, 5.41) is 0. The first kappa shape index (κ1) is 22.9. The van der Waals surface area contributed by atoms with E-state index in [1.165, 1.54) is 0 Å². The Bertz CT molecular complexity index is 842. The number of benzene rings is 2. The molecule has 2 heterocycles. The fourth-order valence-electron chi connectivity index (χ4n) is 4.35. The lowest BCUT2D eigenvalue weighted by molar-refractivity contribution is -0.275. The maximum Gasteiger partial charge on any atom is 0.308 e. The minimum atomic E-state index is -0.517. The van der Waals surface area contributed by atoms with Crippen molar-refractivity contribution in [1.82, 2.24) is 0 Å². The van der Waals surface area contributed by atoms with Crippen LogP contribution in [0.15, 0.2) is 60.7 Å². The van der Waals surface area contributed by atoms with Crippen molar-refractivity contribution in [2.45, 2.75) is 76.5 Å². The third kappa shape index (κ3) is 6.17. The van der Waals surface area contributed by atoms with Crippen molar-refractivity contribution in [3.8, 4) is 0 Å². The summed E-state index contributed by atoms with van der Waals surface area (Å²) in [6, 6.07) is 19.8. The van der Waals surface area contributed by atoms with E-state index in [0.29, 0.717) is 19.4 Å². The Balaban J connectivity index is 1.44. The van der Waals surface area contributed by atoms with Gasteiger partial charge in [-0.2, -0.15) is 0 Å². The van der Waals surface area contributed by atoms with Gasteiger partial charge in [0.1, 0.15) is 0 Å². The molecule has 4 rings (SSSR count). The van der Waals surface area contributed by atoms with Crippen LogP contribution in [0, 0.1) is 0 Å². The van der Waals surface area contributed by atoms with Crippen LogP contribution in [0.4, 0.5) is 0 Å². The number of rotatable bonds is 7. The highest BCUT2D eigenvalue weighted by atomic mass is 16.7. The van der Waals surface area contributed by atoms with Crippen LogP contribution in [0.3, 0.4) is 0 Å². The third-order valence-corrected chi connectivity index (χ3v) is 5.79. The van der Waals surface area contributed by atoms with Gasteiger partial charge in [0.15, 0.2) is 12.6 Å². The second kappa shape index (κ2) is 11.1. The Morgan fingerprint density at radius 1 is 0.812 bits per heavy atom. The molecule has 2 saturated heterocycles. The van der Waals surface area contributed by atoms with Crippen LogP contribution in [0.2, 0.25) is 0 Å². The first-order chi connectivity index (χ1) is 15.6. The van der Waals surface area contributed by atoms with Crippen molar-refractivity contribution in [2.75, 3.05) is 6.61 Å². The third-order valence-electron chi connectivity index (χ3n) is 5.79. The molecule has 2 aromatic rings. The fraction of sp³-hybridized carbons (Fsp3) is 0.500. The van der Waals surface area contributed by atoms with Gasteiger partial charge in [0.2, 0.25) is 0 Å². The molecular weight excluding hydrogens is 408 g/mol. The van der Waals surface area contributed by atoms with Crippen molar-refractivity contribution in [2.24, 2.45) is 0 Å². The first-order valence-electron chi connectivity index (χ1n) is 11.5. The van der Waals surface area contributed by atoms with Crippen LogP contribution in [0.1, 0.15) is 63.2 Å². The van der Waals surface area contributed by atoms with Crippen molar-refractivity contribution in [1.29, 1.82) is 0 Å². The van der Waals surface area contributed by atoms with Crippen LogP contribution in [-0.4, -0.2) is 37.0 Å². The Morgan fingerprint density at radius 3 is 1.94 bits per heavy atom. The lowest BCUT2D eigenvalue weighted by Crippen LogP contribution is -2.40. The molecule has 2 aliphatic heterocycles. The molecule has 0 aliphatic carbocycles. The SMILES string of the molecule is CCOC(=O)C[C@@H]1C[C@H](C[C@@H]2C[C@H](C)O[C@H](c3ccccc3)O2)O[C@H](c2ccccc2)O1. The Hall–Kier alpha value is -2.25. The molecule has 6 atom stereocenters. The molecule has 2 fully saturated rings. The Morgan fingerprint density at radius 2 is 1.34 bits per heavy atom. The lowest BCUT2D eigenvalue weighted by atomic mass is 9.98. The second-order valence-electron chi connectivity index (χ2n) is 8.42. The Labute approximate surface area is 189 Å². The van der Waals surface area contributed by atoms with Crippen molar-refractivity contribution in [3.05, 3.63) is 71.8 Å². The zero-order chi connectivity index (χ0) is 22.3. The van der Waals surface area contributed by atoms with Crippen LogP contribution >= 0.6 is 0 Å². The quantitative estimate of drug-likeness (QED) is 0.559. The van der Waals surface area contributed by atoms with E-state index in [-0.39, 0.29) is 43.1 Å². The smallest absolute Gasteiger partial charge is 0.308 e. The molecule has 0 saturated carbocycles. The number of carbonyl (C=O) groups excluding carboxylic acids is 1. The van der Waals surface area contributed by atoms with E-state index >= 15 is 0 Å². The molecule has 0 unspecified atom stereocenters. The summed E-state index contributed by atoms with van der Waals surface area (Å²) in [5.41, 5.74) is 1.95. The summed E-state index contributed by atoms with van der Waals surface area (Å²) < 4.78 is 29.9. The zero-order valence-electron chi connectivity index (χ0n) is 18.7. The van der Waals surface area contributed by atoms with E-state index in [1.807, 2.05) is 67.6 Å². The summed E-state index contributed by atoms with van der Waals surface area (Å²) >= 11 is 0. The second-order valence-corrected chi connectivity index (χ2v) is 8.42. The van der Waals surface area contributed by atoms with E-state index in [4.69, 9.17) is 23.7 Å². The summed E-state index contributed by atoms with van der Waals surface area (Å²) in [6.07, 6.45) is 1.15. The topological polar surface area (TPSA) is 63.2 Å². The maximum absolute atomic E-state index is 12.1. The highest BCUT2D eigenvalue weighted by Gasteiger charge is 2.36. The number of ether oxygens (including phenoxy) is 5. The van der Waals surface area contributed by atoms with Gasteiger partial charge in [-0.3, -0.25) is 4.79 Å². The number of esters is 1. The molecule has 6 nitrogen and oxygen atoms in total. The number of carbonyl (C=O) groups is 1. The molecule has 0 amide bonds. The van der Waals surface area contributed by atoms with Crippen LogP contribution in [0.25, 0.3) is 0 Å². The Kier molecular flexibility index (Phi) is 7.92. The molecule has 2 aromatic carbocycles. The highest BCUT2D eigenvalue weighted by molar-refractivity contribution is 5.69. The minimum Gasteiger partial charge on any atom is -0.466 e. The zero-order valence-corrected chi connectivity index (χ0v) is 18.7. The van der Waals surface area contributed by atoms with Crippen LogP contribution < -0.4 is 0 Å². The van der Waals surface area contributed by atoms with Gasteiger partial charge in [0.25, 0.3) is 0 Å². The summed E-state index contributed by atoms with van der Waals surface area (Å²) in [6.45, 7) is 4.25. The molecule has 6 heteroatoms. The van der Waals surface area contributed by atoms with Gasteiger partial charge in [0, 0.05) is 24.0 Å². The maximum atomic E-state index is 12.1. The normalized spacial score (nSPS) is 30.6. The van der Waals surface area contributed by atoms with Gasteiger partial charge in [-0.1, -0.05) is 60.7 Å². The molecule has 172 valence electrons. The molecule has 0 N–H and O–H groups in total. The van der Waals surface area contributed by atoms with Gasteiger partial charge in [-0.25, -0.2) is 0 Å². The monoisotopic (exact) mass is 440 g/mol. The standard InChI is InChI=1S/C26H32O6/c1-3-28-24(27)17-23-16-22(31-26(32-23)20-12-8-5-9-13-20)15-21-14-18(2)29-25(30-21)19-10-6-4-7-11-19/h4-13,18,21-23,25-26H,3,14-17H2,1-2H3/t18-,21-,22-,23-,25-,26-/m0/s1. The van der Waals surface area contributed by atoms with Gasteiger partial charge in [-0.15, -0.1) is 0 Å². The van der Waals surface area contributed by atoms with E-state index in [9.17, 15) is 4.79 Å². The highest BCUT2D eigenvalue weighted by Crippen LogP contribution is 2.37. The fourth-order valence-corrected chi connectivity index (χ4v) is 4.35. The van der Waals surface area contributed by atoms with Crippen molar-refractivity contribution >= 4 is 5.97 Å². The predicted molar refractivity (Wildman–Crippen MR) is 119 cm³/mol. The predicted octanol–water partition coefficient (Wildman–Crippen LogP) is 5.10.